The maximum absolute atomic E-state index is 14.0. The number of carbonyl (C=O) groups excluding carboxylic acids is 2. The molecule has 0 aliphatic carbocycles. The van der Waals surface area contributed by atoms with E-state index in [4.69, 9.17) is 34.8 Å². The third-order valence-corrected chi connectivity index (χ3v) is 9.07. The van der Waals surface area contributed by atoms with E-state index in [9.17, 15) is 18.0 Å². The van der Waals surface area contributed by atoms with Crippen LogP contribution in [-0.2, 0) is 26.2 Å². The van der Waals surface area contributed by atoms with Gasteiger partial charge in [0.05, 0.1) is 10.6 Å². The lowest BCUT2D eigenvalue weighted by atomic mass is 10.1. The maximum atomic E-state index is 14.0. The quantitative estimate of drug-likeness (QED) is 0.283. The number of halogens is 3. The number of sulfonamides is 1. The van der Waals surface area contributed by atoms with Gasteiger partial charge in [-0.25, -0.2) is 8.42 Å². The number of hydrogen-bond acceptors (Lipinski definition) is 4. The van der Waals surface area contributed by atoms with E-state index >= 15 is 0 Å². The Morgan fingerprint density at radius 1 is 0.875 bits per heavy atom. The molecule has 3 rings (SSSR count). The lowest BCUT2D eigenvalue weighted by Crippen LogP contribution is -2.52. The monoisotopic (exact) mass is 623 g/mol. The molecule has 2 amide bonds. The van der Waals surface area contributed by atoms with E-state index in [1.54, 1.807) is 56.3 Å². The van der Waals surface area contributed by atoms with Crippen LogP contribution in [0.3, 0.4) is 0 Å². The molecule has 0 unspecified atom stereocenters. The Morgan fingerprint density at radius 3 is 2.10 bits per heavy atom. The Bertz CT molecular complexity index is 1490. The lowest BCUT2D eigenvalue weighted by molar-refractivity contribution is -0.139. The van der Waals surface area contributed by atoms with Crippen LogP contribution >= 0.6 is 34.8 Å². The van der Waals surface area contributed by atoms with Gasteiger partial charge >= 0.3 is 0 Å². The van der Waals surface area contributed by atoms with Gasteiger partial charge in [0.15, 0.2) is 0 Å². The third-order valence-electron chi connectivity index (χ3n) is 6.29. The van der Waals surface area contributed by atoms with E-state index in [-0.39, 0.29) is 29.1 Å². The van der Waals surface area contributed by atoms with Gasteiger partial charge in [-0.1, -0.05) is 64.6 Å². The highest BCUT2D eigenvalue weighted by Gasteiger charge is 2.33. The summed E-state index contributed by atoms with van der Waals surface area (Å²) in [6.45, 7) is 8.22. The zero-order chi connectivity index (χ0) is 29.8. The van der Waals surface area contributed by atoms with Crippen molar-refractivity contribution < 1.29 is 18.0 Å². The average molecular weight is 625 g/mol. The van der Waals surface area contributed by atoms with E-state index < -0.39 is 28.5 Å². The van der Waals surface area contributed by atoms with E-state index in [1.165, 1.54) is 23.1 Å². The van der Waals surface area contributed by atoms with Crippen molar-refractivity contribution in [3.63, 3.8) is 0 Å². The van der Waals surface area contributed by atoms with Gasteiger partial charge in [0, 0.05) is 27.7 Å². The first-order valence-corrected chi connectivity index (χ1v) is 15.2. The van der Waals surface area contributed by atoms with Crippen molar-refractivity contribution in [1.29, 1.82) is 0 Å². The standard InChI is InChI=1S/C29H32Cl3N3O4S/c1-18(2)33-29(37)21(5)34(16-22-9-10-23(30)14-27(22)32)28(36)17-35(24-11-8-20(4)26(31)15-24)40(38,39)25-12-6-19(3)7-13-25/h6-15,18,21H,16-17H2,1-5H3,(H,33,37)/t21-/m0/s1. The minimum atomic E-state index is -4.20. The van der Waals surface area contributed by atoms with Crippen LogP contribution in [0.5, 0.6) is 0 Å². The minimum Gasteiger partial charge on any atom is -0.352 e. The van der Waals surface area contributed by atoms with Crippen LogP contribution < -0.4 is 9.62 Å². The molecule has 7 nitrogen and oxygen atoms in total. The van der Waals surface area contributed by atoms with E-state index in [2.05, 4.69) is 5.32 Å². The van der Waals surface area contributed by atoms with Gasteiger partial charge in [-0.3, -0.25) is 13.9 Å². The molecule has 214 valence electrons. The molecule has 0 aliphatic rings. The van der Waals surface area contributed by atoms with Gasteiger partial charge in [-0.15, -0.1) is 0 Å². The topological polar surface area (TPSA) is 86.8 Å². The zero-order valence-electron chi connectivity index (χ0n) is 22.9. The fourth-order valence-corrected chi connectivity index (χ4v) is 5.97. The van der Waals surface area contributed by atoms with Gasteiger partial charge in [0.1, 0.15) is 12.6 Å². The first-order valence-electron chi connectivity index (χ1n) is 12.6. The van der Waals surface area contributed by atoms with Crippen LogP contribution in [0.2, 0.25) is 15.1 Å². The van der Waals surface area contributed by atoms with Gasteiger partial charge in [0.2, 0.25) is 11.8 Å². The highest BCUT2D eigenvalue weighted by atomic mass is 35.5. The number of nitrogens with zero attached hydrogens (tertiary/aromatic N) is 2. The molecule has 0 spiro atoms. The SMILES string of the molecule is Cc1ccc(S(=O)(=O)N(CC(=O)N(Cc2ccc(Cl)cc2Cl)[C@@H](C)C(=O)NC(C)C)c2ccc(C)c(Cl)c2)cc1. The smallest absolute Gasteiger partial charge is 0.264 e. The van der Waals surface area contributed by atoms with Gasteiger partial charge in [-0.2, -0.15) is 0 Å². The first-order chi connectivity index (χ1) is 18.7. The normalized spacial score (nSPS) is 12.2. The van der Waals surface area contributed by atoms with Crippen LogP contribution in [0, 0.1) is 13.8 Å². The number of aryl methyl sites for hydroxylation is 2. The second-order valence-corrected chi connectivity index (χ2v) is 13.0. The molecule has 0 aromatic heterocycles. The van der Waals surface area contributed by atoms with Crippen LogP contribution in [0.15, 0.2) is 65.6 Å². The Hall–Kier alpha value is -2.78. The summed E-state index contributed by atoms with van der Waals surface area (Å²) in [5.41, 5.74) is 2.40. The minimum absolute atomic E-state index is 0.0143. The Balaban J connectivity index is 2.08. The lowest BCUT2D eigenvalue weighted by Gasteiger charge is -2.32. The number of amides is 2. The van der Waals surface area contributed by atoms with Crippen molar-refractivity contribution in [3.05, 3.63) is 92.4 Å². The molecule has 1 atom stereocenters. The second-order valence-electron chi connectivity index (χ2n) is 9.85. The van der Waals surface area contributed by atoms with Crippen LogP contribution in [0.1, 0.15) is 37.5 Å². The van der Waals surface area contributed by atoms with E-state index in [0.29, 0.717) is 20.6 Å². The predicted octanol–water partition coefficient (Wildman–Crippen LogP) is 6.40. The van der Waals surface area contributed by atoms with E-state index in [0.717, 1.165) is 15.4 Å². The summed E-state index contributed by atoms with van der Waals surface area (Å²) >= 11 is 18.8. The van der Waals surface area contributed by atoms with Crippen molar-refractivity contribution in [3.8, 4) is 0 Å². The number of rotatable bonds is 10. The average Bonchev–Trinajstić information content (AvgIpc) is 2.87. The zero-order valence-corrected chi connectivity index (χ0v) is 26.0. The van der Waals surface area contributed by atoms with Crippen molar-refractivity contribution in [2.45, 2.75) is 58.1 Å². The molecular formula is C29H32Cl3N3O4S. The summed E-state index contributed by atoms with van der Waals surface area (Å²) in [6, 6.07) is 14.9. The summed E-state index contributed by atoms with van der Waals surface area (Å²) in [5.74, 6) is -0.996. The van der Waals surface area contributed by atoms with Crippen molar-refractivity contribution in [1.82, 2.24) is 10.2 Å². The second kappa shape index (κ2) is 13.3. The molecule has 11 heteroatoms. The van der Waals surface area contributed by atoms with Crippen LogP contribution in [-0.4, -0.2) is 43.8 Å². The van der Waals surface area contributed by atoms with Gasteiger partial charge < -0.3 is 10.2 Å². The molecule has 0 aliphatic heterocycles. The summed E-state index contributed by atoms with van der Waals surface area (Å²) in [6.07, 6.45) is 0. The highest BCUT2D eigenvalue weighted by molar-refractivity contribution is 7.92. The highest BCUT2D eigenvalue weighted by Crippen LogP contribution is 2.29. The van der Waals surface area contributed by atoms with Crippen LogP contribution in [0.25, 0.3) is 0 Å². The predicted molar refractivity (Wildman–Crippen MR) is 162 cm³/mol. The van der Waals surface area contributed by atoms with Crippen molar-refractivity contribution >= 4 is 62.3 Å². The molecule has 0 heterocycles. The molecular weight excluding hydrogens is 593 g/mol. The molecule has 40 heavy (non-hydrogen) atoms. The molecule has 1 N–H and O–H groups in total. The fraction of sp³-hybridized carbons (Fsp3) is 0.310. The summed E-state index contributed by atoms with van der Waals surface area (Å²) in [5, 5.41) is 3.90. The molecule has 0 fully saturated rings. The Kier molecular flexibility index (Phi) is 10.5. The van der Waals surface area contributed by atoms with Crippen molar-refractivity contribution in [2.75, 3.05) is 10.8 Å². The van der Waals surface area contributed by atoms with Crippen molar-refractivity contribution in [2.24, 2.45) is 0 Å². The fourth-order valence-electron chi connectivity index (χ4n) is 3.92. The molecule has 0 saturated carbocycles. The summed E-state index contributed by atoms with van der Waals surface area (Å²) in [7, 11) is -4.20. The summed E-state index contributed by atoms with van der Waals surface area (Å²) < 4.78 is 28.8. The van der Waals surface area contributed by atoms with Gasteiger partial charge in [0.25, 0.3) is 10.0 Å². The number of carbonyl (C=O) groups is 2. The number of anilines is 1. The number of benzene rings is 3. The molecule has 0 radical (unpaired) electrons. The largest absolute Gasteiger partial charge is 0.352 e. The molecule has 0 saturated heterocycles. The van der Waals surface area contributed by atoms with E-state index in [1.807, 2.05) is 20.8 Å². The molecule has 3 aromatic rings. The van der Waals surface area contributed by atoms with Crippen LogP contribution in [0.4, 0.5) is 5.69 Å². The van der Waals surface area contributed by atoms with Gasteiger partial charge in [-0.05, 0) is 82.1 Å². The Labute approximate surface area is 251 Å². The molecule has 0 bridgehead atoms. The number of hydrogen-bond donors (Lipinski definition) is 1. The Morgan fingerprint density at radius 2 is 1.52 bits per heavy atom. The summed E-state index contributed by atoms with van der Waals surface area (Å²) in [4.78, 5) is 28.3. The first kappa shape index (κ1) is 31.7. The third kappa shape index (κ3) is 7.69. The maximum Gasteiger partial charge on any atom is 0.264 e. The number of nitrogens with one attached hydrogen (secondary N) is 1. The molecule has 3 aromatic carbocycles.